The van der Waals surface area contributed by atoms with Crippen molar-refractivity contribution in [2.45, 2.75) is 27.7 Å². The Bertz CT molecular complexity index is 108. The SMILES string of the molecule is CC.CCN1CCN=C1C. The summed E-state index contributed by atoms with van der Waals surface area (Å²) in [5.41, 5.74) is 0. The molecule has 0 amide bonds. The molecule has 1 aliphatic heterocycles. The molecule has 1 aliphatic rings. The molecule has 0 spiro atoms. The Labute approximate surface area is 63.9 Å². The van der Waals surface area contributed by atoms with E-state index in [1.807, 2.05) is 13.8 Å². The Morgan fingerprint density at radius 3 is 2.30 bits per heavy atom. The monoisotopic (exact) mass is 142 g/mol. The fourth-order valence-corrected chi connectivity index (χ4v) is 0.981. The summed E-state index contributed by atoms with van der Waals surface area (Å²) in [6.07, 6.45) is 0. The van der Waals surface area contributed by atoms with Gasteiger partial charge in [-0.05, 0) is 13.8 Å². The van der Waals surface area contributed by atoms with Crippen molar-refractivity contribution in [3.8, 4) is 0 Å². The highest BCUT2D eigenvalue weighted by Crippen LogP contribution is 1.98. The van der Waals surface area contributed by atoms with E-state index >= 15 is 0 Å². The van der Waals surface area contributed by atoms with Crippen LogP contribution in [0.4, 0.5) is 0 Å². The van der Waals surface area contributed by atoms with E-state index in [2.05, 4.69) is 23.7 Å². The lowest BCUT2D eigenvalue weighted by Crippen LogP contribution is -2.24. The Morgan fingerprint density at radius 1 is 1.50 bits per heavy atom. The van der Waals surface area contributed by atoms with Gasteiger partial charge in [0.2, 0.25) is 0 Å². The van der Waals surface area contributed by atoms with Crippen LogP contribution in [0.15, 0.2) is 4.99 Å². The fourth-order valence-electron chi connectivity index (χ4n) is 0.981. The average Bonchev–Trinajstić information content (AvgIpc) is 2.39. The van der Waals surface area contributed by atoms with Crippen molar-refractivity contribution >= 4 is 5.84 Å². The van der Waals surface area contributed by atoms with Gasteiger partial charge in [-0.3, -0.25) is 4.99 Å². The highest BCUT2D eigenvalue weighted by Gasteiger charge is 2.07. The normalized spacial score (nSPS) is 16.0. The van der Waals surface area contributed by atoms with Crippen molar-refractivity contribution in [3.05, 3.63) is 0 Å². The minimum Gasteiger partial charge on any atom is -0.359 e. The van der Waals surface area contributed by atoms with Crippen LogP contribution in [0.3, 0.4) is 0 Å². The number of rotatable bonds is 1. The Hall–Kier alpha value is -0.530. The summed E-state index contributed by atoms with van der Waals surface area (Å²) in [6, 6.07) is 0. The molecule has 0 N–H and O–H groups in total. The van der Waals surface area contributed by atoms with Gasteiger partial charge in [0.25, 0.3) is 0 Å². The maximum Gasteiger partial charge on any atom is 0.0958 e. The van der Waals surface area contributed by atoms with Gasteiger partial charge in [0.15, 0.2) is 0 Å². The smallest absolute Gasteiger partial charge is 0.0958 e. The molecule has 0 aliphatic carbocycles. The number of amidine groups is 1. The third kappa shape index (κ3) is 2.38. The van der Waals surface area contributed by atoms with Gasteiger partial charge in [-0.1, -0.05) is 13.8 Å². The molecule has 0 aromatic carbocycles. The Balaban J connectivity index is 0.000000371. The van der Waals surface area contributed by atoms with Gasteiger partial charge >= 0.3 is 0 Å². The van der Waals surface area contributed by atoms with E-state index in [1.165, 1.54) is 5.84 Å². The van der Waals surface area contributed by atoms with Crippen molar-refractivity contribution < 1.29 is 0 Å². The number of hydrogen-bond acceptors (Lipinski definition) is 2. The zero-order valence-electron chi connectivity index (χ0n) is 7.52. The van der Waals surface area contributed by atoms with Gasteiger partial charge in [0, 0.05) is 13.1 Å². The van der Waals surface area contributed by atoms with Crippen LogP contribution in [0.2, 0.25) is 0 Å². The molecule has 0 aromatic rings. The molecule has 0 fully saturated rings. The molecule has 0 bridgehead atoms. The van der Waals surface area contributed by atoms with Gasteiger partial charge in [-0.2, -0.15) is 0 Å². The average molecular weight is 142 g/mol. The first kappa shape index (κ1) is 9.47. The summed E-state index contributed by atoms with van der Waals surface area (Å²) in [5, 5.41) is 0. The number of likely N-dealkylation sites (N-methyl/N-ethyl adjacent to an activating group) is 1. The largest absolute Gasteiger partial charge is 0.359 e. The second-order valence-electron chi connectivity index (χ2n) is 2.01. The van der Waals surface area contributed by atoms with E-state index < -0.39 is 0 Å². The molecule has 2 heteroatoms. The maximum atomic E-state index is 4.23. The second-order valence-corrected chi connectivity index (χ2v) is 2.01. The molecule has 2 nitrogen and oxygen atoms in total. The zero-order chi connectivity index (χ0) is 7.98. The van der Waals surface area contributed by atoms with Gasteiger partial charge in [0.05, 0.1) is 12.4 Å². The van der Waals surface area contributed by atoms with E-state index in [1.54, 1.807) is 0 Å². The molecule has 0 radical (unpaired) electrons. The fraction of sp³-hybridized carbons (Fsp3) is 0.875. The van der Waals surface area contributed by atoms with E-state index in [4.69, 9.17) is 0 Å². The molecule has 0 unspecified atom stereocenters. The zero-order valence-corrected chi connectivity index (χ0v) is 7.52. The molecule has 0 atom stereocenters. The van der Waals surface area contributed by atoms with Crippen LogP contribution >= 0.6 is 0 Å². The summed E-state index contributed by atoms with van der Waals surface area (Å²) in [6.45, 7) is 11.5. The molecule has 60 valence electrons. The molecule has 1 heterocycles. The Morgan fingerprint density at radius 2 is 2.10 bits per heavy atom. The highest BCUT2D eigenvalue weighted by atomic mass is 15.2. The molecule has 10 heavy (non-hydrogen) atoms. The molecule has 1 rings (SSSR count). The third-order valence-electron chi connectivity index (χ3n) is 1.55. The first-order valence-corrected chi connectivity index (χ1v) is 4.10. The van der Waals surface area contributed by atoms with Crippen LogP contribution < -0.4 is 0 Å². The lowest BCUT2D eigenvalue weighted by molar-refractivity contribution is 0.481. The van der Waals surface area contributed by atoms with Crippen molar-refractivity contribution in [2.75, 3.05) is 19.6 Å². The Kier molecular flexibility index (Phi) is 4.99. The van der Waals surface area contributed by atoms with Crippen molar-refractivity contribution in [3.63, 3.8) is 0 Å². The third-order valence-corrected chi connectivity index (χ3v) is 1.55. The van der Waals surface area contributed by atoms with Crippen molar-refractivity contribution in [1.29, 1.82) is 0 Å². The summed E-state index contributed by atoms with van der Waals surface area (Å²) >= 11 is 0. The standard InChI is InChI=1S/C6H12N2.C2H6/c1-3-8-5-4-7-6(8)2;1-2/h3-5H2,1-2H3;1-2H3. The van der Waals surface area contributed by atoms with Gasteiger partial charge < -0.3 is 4.90 Å². The number of aliphatic imine (C=N–C) groups is 1. The second kappa shape index (κ2) is 5.27. The van der Waals surface area contributed by atoms with Gasteiger partial charge in [-0.25, -0.2) is 0 Å². The predicted octanol–water partition coefficient (Wildman–Crippen LogP) is 1.77. The topological polar surface area (TPSA) is 15.6 Å². The van der Waals surface area contributed by atoms with E-state index in [0.717, 1.165) is 19.6 Å². The van der Waals surface area contributed by atoms with Crippen LogP contribution in [-0.2, 0) is 0 Å². The molecule has 0 saturated carbocycles. The number of hydrogen-bond donors (Lipinski definition) is 0. The van der Waals surface area contributed by atoms with Gasteiger partial charge in [-0.15, -0.1) is 0 Å². The van der Waals surface area contributed by atoms with Crippen molar-refractivity contribution in [1.82, 2.24) is 4.90 Å². The first-order chi connectivity index (χ1) is 4.84. The summed E-state index contributed by atoms with van der Waals surface area (Å²) in [4.78, 5) is 6.51. The minimum absolute atomic E-state index is 1.000. The lowest BCUT2D eigenvalue weighted by atomic mass is 10.5. The summed E-state index contributed by atoms with van der Waals surface area (Å²) < 4.78 is 0. The first-order valence-electron chi connectivity index (χ1n) is 4.10. The van der Waals surface area contributed by atoms with Gasteiger partial charge in [0.1, 0.15) is 0 Å². The maximum absolute atomic E-state index is 4.23. The number of nitrogens with zero attached hydrogens (tertiary/aromatic N) is 2. The van der Waals surface area contributed by atoms with Crippen LogP contribution in [0, 0.1) is 0 Å². The molecular weight excluding hydrogens is 124 g/mol. The predicted molar refractivity (Wildman–Crippen MR) is 46.6 cm³/mol. The lowest BCUT2D eigenvalue weighted by Gasteiger charge is -2.13. The molecule has 0 saturated heterocycles. The van der Waals surface area contributed by atoms with Crippen LogP contribution in [0.25, 0.3) is 0 Å². The van der Waals surface area contributed by atoms with Crippen LogP contribution in [0.5, 0.6) is 0 Å². The van der Waals surface area contributed by atoms with Crippen LogP contribution in [0.1, 0.15) is 27.7 Å². The summed E-state index contributed by atoms with van der Waals surface area (Å²) in [7, 11) is 0. The van der Waals surface area contributed by atoms with Crippen molar-refractivity contribution in [2.24, 2.45) is 4.99 Å². The minimum atomic E-state index is 1.000. The molecular formula is C8H18N2. The quantitative estimate of drug-likeness (QED) is 0.544. The highest BCUT2D eigenvalue weighted by molar-refractivity contribution is 5.81. The molecule has 0 aromatic heterocycles. The van der Waals surface area contributed by atoms with E-state index in [0.29, 0.717) is 0 Å². The summed E-state index contributed by atoms with van der Waals surface area (Å²) in [5.74, 6) is 1.20. The van der Waals surface area contributed by atoms with E-state index in [-0.39, 0.29) is 0 Å². The van der Waals surface area contributed by atoms with Crippen LogP contribution in [-0.4, -0.2) is 30.4 Å². The van der Waals surface area contributed by atoms with E-state index in [9.17, 15) is 0 Å².